The van der Waals surface area contributed by atoms with E-state index in [1.165, 1.54) is 5.56 Å². The van der Waals surface area contributed by atoms with Crippen molar-refractivity contribution in [2.75, 3.05) is 6.54 Å². The quantitative estimate of drug-likeness (QED) is 0.900. The topological polar surface area (TPSA) is 50.8 Å². The van der Waals surface area contributed by atoms with Gasteiger partial charge in [0.15, 0.2) is 0 Å². The van der Waals surface area contributed by atoms with Crippen molar-refractivity contribution in [1.29, 1.82) is 0 Å². The van der Waals surface area contributed by atoms with Crippen molar-refractivity contribution in [2.45, 2.75) is 83.6 Å². The van der Waals surface area contributed by atoms with Crippen LogP contribution in [0, 0.1) is 0 Å². The summed E-state index contributed by atoms with van der Waals surface area (Å²) in [6, 6.07) is 10.5. The molecule has 5 nitrogen and oxygen atoms in total. The predicted octanol–water partition coefficient (Wildman–Crippen LogP) is 2.74. The SMILES string of the molecule is CC(=O)NC1CN(Cc2ccccc2)C(C)C2OC(C)(C)C(C)(C)OC12. The summed E-state index contributed by atoms with van der Waals surface area (Å²) in [5.74, 6) is -0.0331. The second-order valence-corrected chi connectivity index (χ2v) is 8.65. The van der Waals surface area contributed by atoms with Gasteiger partial charge >= 0.3 is 0 Å². The minimum absolute atomic E-state index is 0.0331. The predicted molar refractivity (Wildman–Crippen MR) is 102 cm³/mol. The number of piperidine rings is 1. The number of ether oxygens (including phenoxy) is 2. The van der Waals surface area contributed by atoms with Crippen molar-refractivity contribution in [1.82, 2.24) is 10.2 Å². The average molecular weight is 360 g/mol. The molecule has 4 unspecified atom stereocenters. The van der Waals surface area contributed by atoms with Gasteiger partial charge in [0, 0.05) is 26.1 Å². The molecule has 1 aromatic carbocycles. The Labute approximate surface area is 157 Å². The van der Waals surface area contributed by atoms with Crippen LogP contribution in [0.15, 0.2) is 30.3 Å². The fraction of sp³-hybridized carbons (Fsp3) is 0.667. The molecule has 5 heteroatoms. The summed E-state index contributed by atoms with van der Waals surface area (Å²) in [4.78, 5) is 14.2. The van der Waals surface area contributed by atoms with Crippen LogP contribution in [-0.4, -0.2) is 52.8 Å². The van der Waals surface area contributed by atoms with Crippen LogP contribution >= 0.6 is 0 Å². The van der Waals surface area contributed by atoms with Crippen LogP contribution in [0.5, 0.6) is 0 Å². The highest BCUT2D eigenvalue weighted by Crippen LogP contribution is 2.41. The van der Waals surface area contributed by atoms with E-state index in [0.29, 0.717) is 0 Å². The van der Waals surface area contributed by atoms with Crippen molar-refractivity contribution in [3.05, 3.63) is 35.9 Å². The third-order valence-electron chi connectivity index (χ3n) is 6.13. The van der Waals surface area contributed by atoms with E-state index in [9.17, 15) is 4.79 Å². The maximum absolute atomic E-state index is 11.8. The van der Waals surface area contributed by atoms with Crippen LogP contribution in [0.1, 0.15) is 47.1 Å². The molecule has 2 aliphatic heterocycles. The van der Waals surface area contributed by atoms with E-state index < -0.39 is 11.2 Å². The Morgan fingerprint density at radius 1 is 1.12 bits per heavy atom. The summed E-state index contributed by atoms with van der Waals surface area (Å²) in [5, 5.41) is 3.10. The lowest BCUT2D eigenvalue weighted by atomic mass is 9.82. The third kappa shape index (κ3) is 3.66. The molecule has 4 atom stereocenters. The molecule has 26 heavy (non-hydrogen) atoms. The van der Waals surface area contributed by atoms with Crippen LogP contribution < -0.4 is 5.32 Å². The number of nitrogens with zero attached hydrogens (tertiary/aromatic N) is 1. The van der Waals surface area contributed by atoms with Gasteiger partial charge in [-0.05, 0) is 40.2 Å². The summed E-state index contributed by atoms with van der Waals surface area (Å²) < 4.78 is 13.1. The first-order valence-electron chi connectivity index (χ1n) is 9.51. The van der Waals surface area contributed by atoms with E-state index in [4.69, 9.17) is 9.47 Å². The highest BCUT2D eigenvalue weighted by molar-refractivity contribution is 5.73. The van der Waals surface area contributed by atoms with Gasteiger partial charge in [0.1, 0.15) is 12.2 Å². The number of benzene rings is 1. The van der Waals surface area contributed by atoms with Gasteiger partial charge in [-0.3, -0.25) is 9.69 Å². The summed E-state index contributed by atoms with van der Waals surface area (Å²) in [6.45, 7) is 13.6. The van der Waals surface area contributed by atoms with Crippen molar-refractivity contribution in [3.63, 3.8) is 0 Å². The molecule has 144 valence electrons. The second-order valence-electron chi connectivity index (χ2n) is 8.65. The molecule has 3 rings (SSSR count). The summed E-state index contributed by atoms with van der Waals surface area (Å²) in [7, 11) is 0. The van der Waals surface area contributed by atoms with Gasteiger partial charge in [-0.1, -0.05) is 30.3 Å². The Morgan fingerprint density at radius 3 is 2.27 bits per heavy atom. The van der Waals surface area contributed by atoms with Crippen molar-refractivity contribution >= 4 is 5.91 Å². The van der Waals surface area contributed by atoms with Crippen molar-refractivity contribution in [2.24, 2.45) is 0 Å². The lowest BCUT2D eigenvalue weighted by Crippen LogP contribution is -2.73. The number of carbonyl (C=O) groups is 1. The Bertz CT molecular complexity index is 644. The number of amides is 1. The molecule has 0 saturated carbocycles. The average Bonchev–Trinajstić information content (AvgIpc) is 2.54. The fourth-order valence-corrected chi connectivity index (χ4v) is 3.93. The maximum Gasteiger partial charge on any atom is 0.217 e. The van der Waals surface area contributed by atoms with Gasteiger partial charge in [0.05, 0.1) is 17.2 Å². The smallest absolute Gasteiger partial charge is 0.217 e. The Morgan fingerprint density at radius 2 is 1.69 bits per heavy atom. The highest BCUT2D eigenvalue weighted by Gasteiger charge is 2.55. The van der Waals surface area contributed by atoms with Gasteiger partial charge < -0.3 is 14.8 Å². The van der Waals surface area contributed by atoms with Gasteiger partial charge in [-0.15, -0.1) is 0 Å². The molecule has 0 radical (unpaired) electrons. The molecule has 2 saturated heterocycles. The van der Waals surface area contributed by atoms with Gasteiger partial charge in [0.25, 0.3) is 0 Å². The van der Waals surface area contributed by atoms with Crippen molar-refractivity contribution < 1.29 is 14.3 Å². The first-order valence-corrected chi connectivity index (χ1v) is 9.51. The van der Waals surface area contributed by atoms with Crippen LogP contribution in [0.3, 0.4) is 0 Å². The Kier molecular flexibility index (Phi) is 5.17. The van der Waals surface area contributed by atoms with Crippen LogP contribution in [0.25, 0.3) is 0 Å². The zero-order valence-corrected chi connectivity index (χ0v) is 16.8. The molecule has 0 aromatic heterocycles. The number of hydrogen-bond donors (Lipinski definition) is 1. The lowest BCUT2D eigenvalue weighted by molar-refractivity contribution is -0.319. The van der Waals surface area contributed by atoms with E-state index in [0.717, 1.165) is 13.1 Å². The number of hydrogen-bond acceptors (Lipinski definition) is 4. The summed E-state index contributed by atoms with van der Waals surface area (Å²) in [6.07, 6.45) is -0.240. The van der Waals surface area contributed by atoms with Gasteiger partial charge in [-0.2, -0.15) is 0 Å². The largest absolute Gasteiger partial charge is 0.365 e. The number of likely N-dealkylation sites (tertiary alicyclic amines) is 1. The third-order valence-corrected chi connectivity index (χ3v) is 6.13. The first-order chi connectivity index (χ1) is 12.1. The Hall–Kier alpha value is -1.43. The van der Waals surface area contributed by atoms with Gasteiger partial charge in [-0.25, -0.2) is 0 Å². The number of rotatable bonds is 3. The van der Waals surface area contributed by atoms with Crippen LogP contribution in [0.4, 0.5) is 0 Å². The molecule has 1 N–H and O–H groups in total. The van der Waals surface area contributed by atoms with E-state index in [-0.39, 0.29) is 30.2 Å². The molecular weight excluding hydrogens is 328 g/mol. The van der Waals surface area contributed by atoms with Crippen molar-refractivity contribution in [3.8, 4) is 0 Å². The molecular formula is C21H32N2O3. The van der Waals surface area contributed by atoms with Crippen LogP contribution in [0.2, 0.25) is 0 Å². The number of fused-ring (bicyclic) bond motifs is 1. The Balaban J connectivity index is 1.87. The standard InChI is InChI=1S/C21H32N2O3/c1-14-18-19(26-21(5,6)20(3,4)25-18)17(22-15(2)24)13-23(14)12-16-10-8-7-9-11-16/h7-11,14,17-19H,12-13H2,1-6H3,(H,22,24). The number of nitrogens with one attached hydrogen (secondary N) is 1. The molecule has 1 amide bonds. The minimum Gasteiger partial charge on any atom is -0.365 e. The second kappa shape index (κ2) is 6.95. The molecule has 1 aromatic rings. The zero-order valence-electron chi connectivity index (χ0n) is 16.8. The number of carbonyl (C=O) groups excluding carboxylic acids is 1. The lowest BCUT2D eigenvalue weighted by Gasteiger charge is -2.58. The summed E-state index contributed by atoms with van der Waals surface area (Å²) >= 11 is 0. The van der Waals surface area contributed by atoms with E-state index in [1.807, 2.05) is 6.07 Å². The monoisotopic (exact) mass is 360 g/mol. The fourth-order valence-electron chi connectivity index (χ4n) is 3.93. The van der Waals surface area contributed by atoms with Crippen LogP contribution in [-0.2, 0) is 20.8 Å². The minimum atomic E-state index is -0.424. The molecule has 0 bridgehead atoms. The normalized spacial score (nSPS) is 33.3. The molecule has 0 spiro atoms. The molecule has 2 heterocycles. The first kappa shape index (κ1) is 19.3. The van der Waals surface area contributed by atoms with Gasteiger partial charge in [0.2, 0.25) is 5.91 Å². The highest BCUT2D eigenvalue weighted by atomic mass is 16.6. The molecule has 2 aliphatic rings. The molecule has 0 aliphatic carbocycles. The van der Waals surface area contributed by atoms with E-state index >= 15 is 0 Å². The van der Waals surface area contributed by atoms with E-state index in [2.05, 4.69) is 69.1 Å². The maximum atomic E-state index is 11.8. The zero-order chi connectivity index (χ0) is 19.1. The van der Waals surface area contributed by atoms with E-state index in [1.54, 1.807) is 6.92 Å². The summed E-state index contributed by atoms with van der Waals surface area (Å²) in [5.41, 5.74) is 0.432. The molecule has 2 fully saturated rings.